The summed E-state index contributed by atoms with van der Waals surface area (Å²) in [5.41, 5.74) is 5.55. The van der Waals surface area contributed by atoms with Gasteiger partial charge in [0, 0.05) is 14.7 Å². The molecule has 2 aromatic rings. The lowest BCUT2D eigenvalue weighted by molar-refractivity contribution is 1.24. The fourth-order valence-electron chi connectivity index (χ4n) is 1.45. The number of nitrogens with zero attached hydrogens (tertiary/aromatic N) is 1. The molecule has 0 unspecified atom stereocenters. The van der Waals surface area contributed by atoms with E-state index in [0.29, 0.717) is 0 Å². The number of hydrazine groups is 1. The van der Waals surface area contributed by atoms with Crippen LogP contribution >= 0.6 is 22.6 Å². The Labute approximate surface area is 95.8 Å². The molecule has 3 N–H and O–H groups in total. The fourth-order valence-corrected chi connectivity index (χ4v) is 1.94. The van der Waals surface area contributed by atoms with Crippen molar-refractivity contribution in [1.82, 2.24) is 4.98 Å². The van der Waals surface area contributed by atoms with E-state index in [1.165, 1.54) is 3.57 Å². The van der Waals surface area contributed by atoms with Crippen molar-refractivity contribution in [2.75, 3.05) is 5.43 Å². The molecule has 0 spiro atoms. The van der Waals surface area contributed by atoms with Crippen LogP contribution in [0.4, 0.5) is 5.69 Å². The zero-order valence-electron chi connectivity index (χ0n) is 7.71. The molecular weight excluding hydrogens is 289 g/mol. The first kappa shape index (κ1) is 9.67. The minimum Gasteiger partial charge on any atom is -0.323 e. The van der Waals surface area contributed by atoms with Crippen LogP contribution in [0.1, 0.15) is 5.69 Å². The van der Waals surface area contributed by atoms with Crippen molar-refractivity contribution in [3.05, 3.63) is 33.5 Å². The Morgan fingerprint density at radius 1 is 1.36 bits per heavy atom. The lowest BCUT2D eigenvalue weighted by Gasteiger charge is -2.06. The number of halogens is 1. The average molecular weight is 299 g/mol. The van der Waals surface area contributed by atoms with Crippen LogP contribution in [0.15, 0.2) is 24.3 Å². The van der Waals surface area contributed by atoms with Crippen LogP contribution in [0.5, 0.6) is 0 Å². The van der Waals surface area contributed by atoms with Crippen LogP contribution in [0.3, 0.4) is 0 Å². The number of aryl methyl sites for hydroxylation is 1. The summed E-state index contributed by atoms with van der Waals surface area (Å²) < 4.78 is 1.18. The normalized spacial score (nSPS) is 10.5. The molecule has 0 amide bonds. The number of hydrogen-bond acceptors (Lipinski definition) is 3. The topological polar surface area (TPSA) is 50.9 Å². The Balaban J connectivity index is 2.81. The number of aromatic nitrogens is 1. The number of fused-ring (bicyclic) bond motifs is 1. The molecule has 2 rings (SSSR count). The highest BCUT2D eigenvalue weighted by molar-refractivity contribution is 14.1. The summed E-state index contributed by atoms with van der Waals surface area (Å²) in [7, 11) is 0. The maximum atomic E-state index is 5.45. The van der Waals surface area contributed by atoms with Gasteiger partial charge in [-0.3, -0.25) is 10.8 Å². The summed E-state index contributed by atoms with van der Waals surface area (Å²) in [6.45, 7) is 1.96. The predicted octanol–water partition coefficient (Wildman–Crippen LogP) is 2.43. The molecule has 14 heavy (non-hydrogen) atoms. The molecule has 0 aliphatic rings. The zero-order chi connectivity index (χ0) is 10.1. The van der Waals surface area contributed by atoms with Crippen molar-refractivity contribution in [1.29, 1.82) is 0 Å². The predicted molar refractivity (Wildman–Crippen MR) is 67.0 cm³/mol. The van der Waals surface area contributed by atoms with Gasteiger partial charge in [-0.1, -0.05) is 0 Å². The van der Waals surface area contributed by atoms with Crippen molar-refractivity contribution in [2.24, 2.45) is 5.84 Å². The fraction of sp³-hybridized carbons (Fsp3) is 0.100. The number of nitrogens with one attached hydrogen (secondary N) is 1. The first-order chi connectivity index (χ1) is 6.70. The average Bonchev–Trinajstić information content (AvgIpc) is 2.17. The number of benzene rings is 1. The minimum atomic E-state index is 0.922. The Hall–Kier alpha value is -0.880. The number of nitrogens with two attached hydrogens (primary N) is 1. The summed E-state index contributed by atoms with van der Waals surface area (Å²) in [6, 6.07) is 8.05. The van der Waals surface area contributed by atoms with Gasteiger partial charge < -0.3 is 5.43 Å². The first-order valence-electron chi connectivity index (χ1n) is 4.24. The molecule has 0 bridgehead atoms. The highest BCUT2D eigenvalue weighted by Gasteiger charge is 2.02. The van der Waals surface area contributed by atoms with E-state index < -0.39 is 0 Å². The van der Waals surface area contributed by atoms with Crippen LogP contribution in [0.25, 0.3) is 10.9 Å². The smallest absolute Gasteiger partial charge is 0.0727 e. The van der Waals surface area contributed by atoms with Gasteiger partial charge >= 0.3 is 0 Å². The van der Waals surface area contributed by atoms with Gasteiger partial charge in [0.25, 0.3) is 0 Å². The van der Waals surface area contributed by atoms with Crippen LogP contribution in [0, 0.1) is 10.5 Å². The SMILES string of the molecule is Cc1cc(NN)c2cc(I)ccc2n1. The number of rotatable bonds is 1. The largest absolute Gasteiger partial charge is 0.323 e. The van der Waals surface area contributed by atoms with Crippen LogP contribution in [-0.2, 0) is 0 Å². The summed E-state index contributed by atoms with van der Waals surface area (Å²) in [6.07, 6.45) is 0. The van der Waals surface area contributed by atoms with E-state index in [2.05, 4.69) is 39.1 Å². The van der Waals surface area contributed by atoms with Gasteiger partial charge in [0.1, 0.15) is 0 Å². The quantitative estimate of drug-likeness (QED) is 0.483. The zero-order valence-corrected chi connectivity index (χ0v) is 9.87. The summed E-state index contributed by atoms with van der Waals surface area (Å²) in [5, 5.41) is 1.06. The molecule has 0 saturated heterocycles. The van der Waals surface area contributed by atoms with Crippen LogP contribution < -0.4 is 11.3 Å². The van der Waals surface area contributed by atoms with E-state index >= 15 is 0 Å². The molecule has 0 aliphatic carbocycles. The molecule has 0 fully saturated rings. The Morgan fingerprint density at radius 3 is 2.86 bits per heavy atom. The molecule has 0 atom stereocenters. The van der Waals surface area contributed by atoms with E-state index in [9.17, 15) is 0 Å². The molecule has 3 nitrogen and oxygen atoms in total. The van der Waals surface area contributed by atoms with Gasteiger partial charge in [-0.25, -0.2) is 0 Å². The number of pyridine rings is 1. The highest BCUT2D eigenvalue weighted by atomic mass is 127. The highest BCUT2D eigenvalue weighted by Crippen LogP contribution is 2.24. The van der Waals surface area contributed by atoms with Crippen molar-refractivity contribution < 1.29 is 0 Å². The van der Waals surface area contributed by atoms with Crippen LogP contribution in [0.2, 0.25) is 0 Å². The van der Waals surface area contributed by atoms with Gasteiger partial charge in [0.15, 0.2) is 0 Å². The number of nitrogen functional groups attached to an aromatic ring is 1. The summed E-state index contributed by atoms with van der Waals surface area (Å²) in [4.78, 5) is 4.43. The maximum Gasteiger partial charge on any atom is 0.0727 e. The molecule has 0 aliphatic heterocycles. The Kier molecular flexibility index (Phi) is 2.56. The molecular formula is C10H10IN3. The van der Waals surface area contributed by atoms with Crippen LogP contribution in [-0.4, -0.2) is 4.98 Å². The molecule has 0 radical (unpaired) electrons. The summed E-state index contributed by atoms with van der Waals surface area (Å²) in [5.74, 6) is 5.45. The van der Waals surface area contributed by atoms with Crippen molar-refractivity contribution >= 4 is 39.2 Å². The second kappa shape index (κ2) is 3.70. The maximum absolute atomic E-state index is 5.45. The van der Waals surface area contributed by atoms with Gasteiger partial charge in [0.05, 0.1) is 11.2 Å². The minimum absolute atomic E-state index is 0.922. The first-order valence-corrected chi connectivity index (χ1v) is 5.32. The third-order valence-electron chi connectivity index (χ3n) is 2.05. The van der Waals surface area contributed by atoms with E-state index in [-0.39, 0.29) is 0 Å². The van der Waals surface area contributed by atoms with E-state index in [4.69, 9.17) is 5.84 Å². The molecule has 1 aromatic carbocycles. The third kappa shape index (κ3) is 1.67. The van der Waals surface area contributed by atoms with Crippen molar-refractivity contribution in [3.8, 4) is 0 Å². The second-order valence-electron chi connectivity index (χ2n) is 3.12. The second-order valence-corrected chi connectivity index (χ2v) is 4.36. The Morgan fingerprint density at radius 2 is 2.14 bits per heavy atom. The van der Waals surface area contributed by atoms with Gasteiger partial charge in [-0.05, 0) is 53.8 Å². The molecule has 0 saturated carbocycles. The van der Waals surface area contributed by atoms with E-state index in [1.54, 1.807) is 0 Å². The lowest BCUT2D eigenvalue weighted by Crippen LogP contribution is -2.07. The third-order valence-corrected chi connectivity index (χ3v) is 2.73. The number of anilines is 1. The van der Waals surface area contributed by atoms with E-state index in [1.807, 2.05) is 25.1 Å². The lowest BCUT2D eigenvalue weighted by atomic mass is 10.1. The van der Waals surface area contributed by atoms with E-state index in [0.717, 1.165) is 22.3 Å². The molecule has 1 heterocycles. The summed E-state index contributed by atoms with van der Waals surface area (Å²) >= 11 is 2.27. The van der Waals surface area contributed by atoms with Crippen molar-refractivity contribution in [2.45, 2.75) is 6.92 Å². The standard InChI is InChI=1S/C10H10IN3/c1-6-4-10(14-12)8-5-7(11)2-3-9(8)13-6/h2-5H,12H2,1H3,(H,13,14). The molecule has 1 aromatic heterocycles. The van der Waals surface area contributed by atoms with Crippen molar-refractivity contribution in [3.63, 3.8) is 0 Å². The Bertz CT molecular complexity index is 482. The monoisotopic (exact) mass is 299 g/mol. The van der Waals surface area contributed by atoms with Gasteiger partial charge in [0.2, 0.25) is 0 Å². The van der Waals surface area contributed by atoms with Gasteiger partial charge in [-0.15, -0.1) is 0 Å². The molecule has 72 valence electrons. The van der Waals surface area contributed by atoms with Gasteiger partial charge in [-0.2, -0.15) is 0 Å². The number of hydrogen-bond donors (Lipinski definition) is 2. The molecule has 4 heteroatoms.